The number of pyridine rings is 1. The molecule has 0 aliphatic carbocycles. The van der Waals surface area contributed by atoms with Crippen molar-refractivity contribution in [2.45, 2.75) is 40.0 Å². The van der Waals surface area contributed by atoms with E-state index in [4.69, 9.17) is 9.47 Å². The highest BCUT2D eigenvalue weighted by molar-refractivity contribution is 5.81. The number of fused-ring (bicyclic) bond motifs is 1. The summed E-state index contributed by atoms with van der Waals surface area (Å²) >= 11 is 0. The van der Waals surface area contributed by atoms with Gasteiger partial charge in [0.15, 0.2) is 0 Å². The van der Waals surface area contributed by atoms with Crippen molar-refractivity contribution in [1.29, 1.82) is 0 Å². The second-order valence-electron chi connectivity index (χ2n) is 7.51. The average Bonchev–Trinajstić information content (AvgIpc) is 2.75. The van der Waals surface area contributed by atoms with Gasteiger partial charge in [0.2, 0.25) is 0 Å². The van der Waals surface area contributed by atoms with Crippen molar-refractivity contribution in [2.24, 2.45) is 5.92 Å². The number of carbonyl (C=O) groups is 2. The summed E-state index contributed by atoms with van der Waals surface area (Å²) in [6.45, 7) is 5.33. The molecule has 8 nitrogen and oxygen atoms in total. The maximum Gasteiger partial charge on any atom is 0.408 e. The van der Waals surface area contributed by atoms with Crippen molar-refractivity contribution in [3.63, 3.8) is 0 Å². The third-order valence-corrected chi connectivity index (χ3v) is 4.71. The summed E-state index contributed by atoms with van der Waals surface area (Å²) in [5.74, 6) is -0.854. The molecule has 1 N–H and O–H groups in total. The maximum atomic E-state index is 12.6. The number of nitrogens with zero attached hydrogens (tertiary/aromatic N) is 2. The first-order chi connectivity index (χ1) is 14.8. The Hall–Kier alpha value is -3.68. The van der Waals surface area contributed by atoms with Gasteiger partial charge >= 0.3 is 12.1 Å². The van der Waals surface area contributed by atoms with Gasteiger partial charge in [0.05, 0.1) is 5.69 Å². The van der Waals surface area contributed by atoms with Crippen LogP contribution in [0, 0.1) is 12.8 Å². The van der Waals surface area contributed by atoms with Crippen molar-refractivity contribution >= 4 is 17.7 Å². The molecule has 0 aliphatic rings. The van der Waals surface area contributed by atoms with Gasteiger partial charge in [0, 0.05) is 12.3 Å². The van der Waals surface area contributed by atoms with Crippen LogP contribution < -0.4 is 10.9 Å². The molecule has 8 heteroatoms. The van der Waals surface area contributed by atoms with Gasteiger partial charge in [-0.2, -0.15) is 0 Å². The Bertz CT molecular complexity index is 1130. The first-order valence-electron chi connectivity index (χ1n) is 9.97. The molecule has 0 spiro atoms. The van der Waals surface area contributed by atoms with E-state index in [2.05, 4.69) is 10.3 Å². The Kier molecular flexibility index (Phi) is 7.02. The molecular formula is C23H25N3O5. The predicted molar refractivity (Wildman–Crippen MR) is 114 cm³/mol. The molecule has 162 valence electrons. The van der Waals surface area contributed by atoms with Gasteiger partial charge in [0.25, 0.3) is 5.56 Å². The van der Waals surface area contributed by atoms with Gasteiger partial charge < -0.3 is 14.8 Å². The van der Waals surface area contributed by atoms with Gasteiger partial charge in [-0.3, -0.25) is 9.20 Å². The van der Waals surface area contributed by atoms with Crippen LogP contribution in [0.4, 0.5) is 4.79 Å². The smallest absolute Gasteiger partial charge is 0.408 e. The van der Waals surface area contributed by atoms with Crippen LogP contribution in [0.2, 0.25) is 0 Å². The van der Waals surface area contributed by atoms with Crippen molar-refractivity contribution in [3.05, 3.63) is 81.9 Å². The minimum Gasteiger partial charge on any atom is -0.458 e. The fourth-order valence-electron chi connectivity index (χ4n) is 3.01. The molecule has 1 amide bonds. The molecule has 0 bridgehead atoms. The third kappa shape index (κ3) is 5.69. The highest BCUT2D eigenvalue weighted by atomic mass is 16.6. The number of ether oxygens (including phenoxy) is 2. The molecule has 0 saturated carbocycles. The molecule has 0 radical (unpaired) electrons. The Balaban J connectivity index is 1.61. The summed E-state index contributed by atoms with van der Waals surface area (Å²) in [5, 5.41) is 2.55. The molecule has 1 aromatic carbocycles. The summed E-state index contributed by atoms with van der Waals surface area (Å²) in [4.78, 5) is 41.4. The molecule has 3 rings (SSSR count). The van der Waals surface area contributed by atoms with Crippen LogP contribution in [-0.4, -0.2) is 27.5 Å². The average molecular weight is 423 g/mol. The van der Waals surface area contributed by atoms with E-state index < -0.39 is 18.1 Å². The van der Waals surface area contributed by atoms with E-state index in [0.29, 0.717) is 11.3 Å². The lowest BCUT2D eigenvalue weighted by atomic mass is 10.1. The zero-order valence-corrected chi connectivity index (χ0v) is 17.7. The Labute approximate surface area is 179 Å². The number of aromatic nitrogens is 2. The van der Waals surface area contributed by atoms with Crippen LogP contribution in [0.25, 0.3) is 5.65 Å². The lowest BCUT2D eigenvalue weighted by Gasteiger charge is -2.20. The van der Waals surface area contributed by atoms with Crippen molar-refractivity contribution < 1.29 is 19.1 Å². The number of aryl methyl sites for hydroxylation is 1. The van der Waals surface area contributed by atoms with Gasteiger partial charge in [-0.1, -0.05) is 50.2 Å². The van der Waals surface area contributed by atoms with E-state index in [1.54, 1.807) is 26.1 Å². The molecule has 31 heavy (non-hydrogen) atoms. The van der Waals surface area contributed by atoms with Gasteiger partial charge in [0.1, 0.15) is 24.9 Å². The molecule has 0 aliphatic heterocycles. The minimum absolute atomic E-state index is 0.0941. The lowest BCUT2D eigenvalue weighted by molar-refractivity contribution is -0.148. The Morgan fingerprint density at radius 1 is 1.06 bits per heavy atom. The topological polar surface area (TPSA) is 99.0 Å². The summed E-state index contributed by atoms with van der Waals surface area (Å²) < 4.78 is 12.0. The van der Waals surface area contributed by atoms with Crippen LogP contribution in [-0.2, 0) is 27.5 Å². The van der Waals surface area contributed by atoms with Gasteiger partial charge in [-0.05, 0) is 30.0 Å². The molecule has 0 unspecified atom stereocenters. The number of benzene rings is 1. The minimum atomic E-state index is -0.897. The second kappa shape index (κ2) is 9.88. The Morgan fingerprint density at radius 3 is 2.52 bits per heavy atom. The number of esters is 1. The molecule has 2 aromatic heterocycles. The maximum absolute atomic E-state index is 12.6. The largest absolute Gasteiger partial charge is 0.458 e. The first kappa shape index (κ1) is 22.0. The van der Waals surface area contributed by atoms with Crippen LogP contribution in [0.15, 0.2) is 59.5 Å². The molecule has 0 saturated heterocycles. The summed E-state index contributed by atoms with van der Waals surface area (Å²) in [7, 11) is 0. The van der Waals surface area contributed by atoms with E-state index in [-0.39, 0.29) is 24.7 Å². The number of nitrogens with one attached hydrogen (secondary N) is 1. The van der Waals surface area contributed by atoms with E-state index in [0.717, 1.165) is 11.1 Å². The lowest BCUT2D eigenvalue weighted by Crippen LogP contribution is -2.45. The number of carbonyl (C=O) groups excluding carboxylic acids is 2. The summed E-state index contributed by atoms with van der Waals surface area (Å²) in [5.41, 5.74) is 2.25. The standard InChI is InChI=1S/C23H25N3O5/c1-15(2)20(25-23(29)31-13-17-9-5-4-6-10-17)22(28)30-14-18-12-19(27)26-11-7-8-16(3)21(26)24-18/h4-12,15,20H,13-14H2,1-3H3,(H,25,29)/t20-/m0/s1. The number of alkyl carbamates (subject to hydrolysis) is 1. The fraction of sp³-hybridized carbons (Fsp3) is 0.304. The van der Waals surface area contributed by atoms with Crippen molar-refractivity contribution in [2.75, 3.05) is 0 Å². The Morgan fingerprint density at radius 2 is 1.81 bits per heavy atom. The van der Waals surface area contributed by atoms with E-state index in [1.807, 2.05) is 43.3 Å². The monoisotopic (exact) mass is 423 g/mol. The molecular weight excluding hydrogens is 398 g/mol. The zero-order valence-electron chi connectivity index (χ0n) is 17.7. The number of hydrogen-bond acceptors (Lipinski definition) is 6. The fourth-order valence-corrected chi connectivity index (χ4v) is 3.01. The number of amides is 1. The van der Waals surface area contributed by atoms with Crippen LogP contribution >= 0.6 is 0 Å². The SMILES string of the molecule is Cc1cccn2c(=O)cc(COC(=O)[C@@H](NC(=O)OCc3ccccc3)C(C)C)nc12. The highest BCUT2D eigenvalue weighted by Gasteiger charge is 2.26. The normalized spacial score (nSPS) is 11.9. The molecule has 3 aromatic rings. The van der Waals surface area contributed by atoms with Gasteiger partial charge in [-0.25, -0.2) is 14.6 Å². The quantitative estimate of drug-likeness (QED) is 0.587. The molecule has 1 atom stereocenters. The van der Waals surface area contributed by atoms with Gasteiger partial charge in [-0.15, -0.1) is 0 Å². The first-order valence-corrected chi connectivity index (χ1v) is 9.97. The second-order valence-corrected chi connectivity index (χ2v) is 7.51. The van der Waals surface area contributed by atoms with Crippen molar-refractivity contribution in [1.82, 2.24) is 14.7 Å². The summed E-state index contributed by atoms with van der Waals surface area (Å²) in [6, 6.07) is 13.3. The van der Waals surface area contributed by atoms with Crippen molar-refractivity contribution in [3.8, 4) is 0 Å². The third-order valence-electron chi connectivity index (χ3n) is 4.71. The van der Waals surface area contributed by atoms with E-state index >= 15 is 0 Å². The molecule has 0 fully saturated rings. The number of rotatable bonds is 7. The highest BCUT2D eigenvalue weighted by Crippen LogP contribution is 2.09. The number of hydrogen-bond donors (Lipinski definition) is 1. The molecule has 2 heterocycles. The van der Waals surface area contributed by atoms with E-state index in [9.17, 15) is 14.4 Å². The van der Waals surface area contributed by atoms with Crippen LogP contribution in [0.3, 0.4) is 0 Å². The predicted octanol–water partition coefficient (Wildman–Crippen LogP) is 3.00. The summed E-state index contributed by atoms with van der Waals surface area (Å²) in [6.07, 6.45) is 0.921. The zero-order chi connectivity index (χ0) is 22.4. The van der Waals surface area contributed by atoms with Crippen LogP contribution in [0.5, 0.6) is 0 Å². The van der Waals surface area contributed by atoms with E-state index in [1.165, 1.54) is 10.5 Å². The van der Waals surface area contributed by atoms with Crippen LogP contribution in [0.1, 0.15) is 30.7 Å².